The molecule has 7 nitrogen and oxygen atoms in total. The first-order chi connectivity index (χ1) is 10.3. The normalized spacial score (nSPS) is 18.3. The number of rotatable bonds is 6. The summed E-state index contributed by atoms with van der Waals surface area (Å²) in [6, 6.07) is 2.20. The molecule has 1 aliphatic rings. The van der Waals surface area contributed by atoms with Crippen molar-refractivity contribution in [2.45, 2.75) is 44.8 Å². The Kier molecular flexibility index (Phi) is 4.28. The van der Waals surface area contributed by atoms with Crippen molar-refractivity contribution in [2.24, 2.45) is 0 Å². The molecule has 3 heterocycles. The van der Waals surface area contributed by atoms with Crippen molar-refractivity contribution < 1.29 is 4.79 Å². The number of amides is 1. The van der Waals surface area contributed by atoms with Gasteiger partial charge in [0, 0.05) is 31.9 Å². The van der Waals surface area contributed by atoms with Gasteiger partial charge in [-0.2, -0.15) is 10.2 Å². The highest BCUT2D eigenvalue weighted by Gasteiger charge is 2.28. The van der Waals surface area contributed by atoms with Gasteiger partial charge in [0.25, 0.3) is 0 Å². The van der Waals surface area contributed by atoms with E-state index < -0.39 is 0 Å². The molecule has 0 N–H and O–H groups in total. The minimum atomic E-state index is 0.241. The second-order valence-electron chi connectivity index (χ2n) is 5.37. The fourth-order valence-electron chi connectivity index (χ4n) is 2.86. The average Bonchev–Trinajstić information content (AvgIpc) is 3.20. The molecule has 112 valence electrons. The van der Waals surface area contributed by atoms with Crippen molar-refractivity contribution in [2.75, 3.05) is 6.54 Å². The van der Waals surface area contributed by atoms with Crippen molar-refractivity contribution in [3.05, 3.63) is 31.1 Å². The highest BCUT2D eigenvalue weighted by atomic mass is 16.2. The molecule has 0 unspecified atom stereocenters. The van der Waals surface area contributed by atoms with Crippen LogP contribution in [0.25, 0.3) is 0 Å². The Morgan fingerprint density at radius 1 is 1.29 bits per heavy atom. The van der Waals surface area contributed by atoms with Gasteiger partial charge in [0.1, 0.15) is 12.7 Å². The Bertz CT molecular complexity index is 550. The minimum Gasteiger partial charge on any atom is -0.338 e. The molecule has 1 fully saturated rings. The predicted molar refractivity (Wildman–Crippen MR) is 76.2 cm³/mol. The number of carbonyl (C=O) groups excluding carboxylic acids is 1. The van der Waals surface area contributed by atoms with E-state index in [1.807, 2.05) is 21.8 Å². The predicted octanol–water partition coefficient (Wildman–Crippen LogP) is 0.946. The van der Waals surface area contributed by atoms with Crippen LogP contribution in [0.2, 0.25) is 0 Å². The smallest absolute Gasteiger partial charge is 0.222 e. The average molecular weight is 288 g/mol. The van der Waals surface area contributed by atoms with Crippen LogP contribution in [-0.4, -0.2) is 47.9 Å². The summed E-state index contributed by atoms with van der Waals surface area (Å²) in [5, 5.41) is 8.27. The molecule has 3 rings (SSSR count). The summed E-state index contributed by atoms with van der Waals surface area (Å²) in [6.07, 6.45) is 10.4. The van der Waals surface area contributed by atoms with Crippen LogP contribution in [0.15, 0.2) is 31.1 Å². The molecule has 1 amide bonds. The van der Waals surface area contributed by atoms with Gasteiger partial charge in [-0.05, 0) is 25.3 Å². The maximum absolute atomic E-state index is 12.4. The Morgan fingerprint density at radius 2 is 2.24 bits per heavy atom. The van der Waals surface area contributed by atoms with Crippen LogP contribution >= 0.6 is 0 Å². The lowest BCUT2D eigenvalue weighted by Crippen LogP contribution is -2.38. The molecule has 1 aliphatic heterocycles. The molecule has 0 radical (unpaired) electrons. The summed E-state index contributed by atoms with van der Waals surface area (Å²) in [5.74, 6) is 0.241. The van der Waals surface area contributed by atoms with E-state index in [2.05, 4.69) is 15.2 Å². The van der Waals surface area contributed by atoms with Crippen molar-refractivity contribution in [1.82, 2.24) is 29.4 Å². The third kappa shape index (κ3) is 3.48. The zero-order valence-electron chi connectivity index (χ0n) is 12.0. The zero-order valence-corrected chi connectivity index (χ0v) is 12.0. The summed E-state index contributed by atoms with van der Waals surface area (Å²) in [5.41, 5.74) is 0. The van der Waals surface area contributed by atoms with E-state index in [0.717, 1.165) is 38.9 Å². The molecule has 0 bridgehead atoms. The topological polar surface area (TPSA) is 68.8 Å². The third-order valence-corrected chi connectivity index (χ3v) is 3.90. The number of nitrogens with zero attached hydrogens (tertiary/aromatic N) is 6. The van der Waals surface area contributed by atoms with Gasteiger partial charge >= 0.3 is 0 Å². The molecule has 0 saturated carbocycles. The van der Waals surface area contributed by atoms with Gasteiger partial charge in [-0.15, -0.1) is 0 Å². The van der Waals surface area contributed by atoms with Crippen LogP contribution in [0.3, 0.4) is 0 Å². The van der Waals surface area contributed by atoms with Crippen LogP contribution in [-0.2, 0) is 17.9 Å². The number of carbonyl (C=O) groups is 1. The summed E-state index contributed by atoms with van der Waals surface area (Å²) in [6.45, 7) is 2.40. The fraction of sp³-hybridized carbons (Fsp3) is 0.571. The van der Waals surface area contributed by atoms with Gasteiger partial charge in [0.05, 0.1) is 12.6 Å². The third-order valence-electron chi connectivity index (χ3n) is 3.90. The van der Waals surface area contributed by atoms with E-state index in [0.29, 0.717) is 6.42 Å². The summed E-state index contributed by atoms with van der Waals surface area (Å²) in [7, 11) is 0. The van der Waals surface area contributed by atoms with Gasteiger partial charge in [0.2, 0.25) is 5.91 Å². The second-order valence-corrected chi connectivity index (χ2v) is 5.37. The lowest BCUT2D eigenvalue weighted by Gasteiger charge is -2.24. The molecule has 0 aromatic carbocycles. The maximum Gasteiger partial charge on any atom is 0.222 e. The highest BCUT2D eigenvalue weighted by Crippen LogP contribution is 2.20. The number of hydrogen-bond acceptors (Lipinski definition) is 4. The molecule has 1 atom stereocenters. The quantitative estimate of drug-likeness (QED) is 0.793. The summed E-state index contributed by atoms with van der Waals surface area (Å²) < 4.78 is 3.67. The Morgan fingerprint density at radius 3 is 3.00 bits per heavy atom. The van der Waals surface area contributed by atoms with E-state index >= 15 is 0 Å². The first-order valence-corrected chi connectivity index (χ1v) is 7.42. The van der Waals surface area contributed by atoms with Crippen LogP contribution < -0.4 is 0 Å². The first-order valence-electron chi connectivity index (χ1n) is 7.42. The molecule has 7 heteroatoms. The largest absolute Gasteiger partial charge is 0.338 e. The van der Waals surface area contributed by atoms with Crippen LogP contribution in [0.5, 0.6) is 0 Å². The van der Waals surface area contributed by atoms with Gasteiger partial charge in [0.15, 0.2) is 0 Å². The summed E-state index contributed by atoms with van der Waals surface area (Å²) >= 11 is 0. The van der Waals surface area contributed by atoms with E-state index in [9.17, 15) is 4.79 Å². The maximum atomic E-state index is 12.4. The molecular formula is C14H20N6O. The lowest BCUT2D eigenvalue weighted by atomic mass is 10.2. The molecule has 2 aromatic heterocycles. The summed E-state index contributed by atoms with van der Waals surface area (Å²) in [4.78, 5) is 18.3. The first kappa shape index (κ1) is 13.8. The van der Waals surface area contributed by atoms with E-state index in [1.165, 1.54) is 6.33 Å². The van der Waals surface area contributed by atoms with Crippen molar-refractivity contribution in [3.63, 3.8) is 0 Å². The minimum absolute atomic E-state index is 0.241. The second kappa shape index (κ2) is 6.51. The van der Waals surface area contributed by atoms with E-state index in [4.69, 9.17) is 0 Å². The molecule has 2 aromatic rings. The van der Waals surface area contributed by atoms with Crippen molar-refractivity contribution >= 4 is 5.91 Å². The van der Waals surface area contributed by atoms with Gasteiger partial charge in [-0.25, -0.2) is 4.98 Å². The standard InChI is InChI=1S/C14H20N6O/c21-14(5-2-7-19-12-15-11-17-19)20-9-1-4-13(20)10-18-8-3-6-16-18/h3,6,8,11-13H,1-2,4-5,7,9-10H2/t13-/m0/s1. The molecule has 21 heavy (non-hydrogen) atoms. The Hall–Kier alpha value is -2.18. The molecule has 0 aliphatic carbocycles. The number of aryl methyl sites for hydroxylation is 1. The number of likely N-dealkylation sites (tertiary alicyclic amines) is 1. The number of aromatic nitrogens is 5. The van der Waals surface area contributed by atoms with Gasteiger partial charge < -0.3 is 4.90 Å². The van der Waals surface area contributed by atoms with Crippen molar-refractivity contribution in [1.29, 1.82) is 0 Å². The molecule has 0 spiro atoms. The lowest BCUT2D eigenvalue weighted by molar-refractivity contribution is -0.132. The number of hydrogen-bond donors (Lipinski definition) is 0. The van der Waals surface area contributed by atoms with Crippen LogP contribution in [0, 0.1) is 0 Å². The molecular weight excluding hydrogens is 268 g/mol. The van der Waals surface area contributed by atoms with Gasteiger partial charge in [-0.3, -0.25) is 14.2 Å². The van der Waals surface area contributed by atoms with Gasteiger partial charge in [-0.1, -0.05) is 0 Å². The van der Waals surface area contributed by atoms with Crippen molar-refractivity contribution in [3.8, 4) is 0 Å². The highest BCUT2D eigenvalue weighted by molar-refractivity contribution is 5.76. The Balaban J connectivity index is 1.48. The fourth-order valence-corrected chi connectivity index (χ4v) is 2.86. The zero-order chi connectivity index (χ0) is 14.5. The van der Waals surface area contributed by atoms with E-state index in [1.54, 1.807) is 17.2 Å². The van der Waals surface area contributed by atoms with Crippen LogP contribution in [0.4, 0.5) is 0 Å². The van der Waals surface area contributed by atoms with Crippen LogP contribution in [0.1, 0.15) is 25.7 Å². The monoisotopic (exact) mass is 288 g/mol. The molecule has 1 saturated heterocycles. The van der Waals surface area contributed by atoms with E-state index in [-0.39, 0.29) is 11.9 Å². The Labute approximate surface area is 123 Å². The SMILES string of the molecule is O=C(CCCn1cncn1)N1CCC[C@H]1Cn1cccn1.